The molecule has 0 radical (unpaired) electrons. The molecular formula is C15H25N3O2S. The molecule has 1 amide bonds. The summed E-state index contributed by atoms with van der Waals surface area (Å²) < 4.78 is 5.09. The Balaban J connectivity index is 1.85. The summed E-state index contributed by atoms with van der Waals surface area (Å²) in [7, 11) is 1.67. The zero-order valence-electron chi connectivity index (χ0n) is 13.1. The van der Waals surface area contributed by atoms with Crippen molar-refractivity contribution in [2.75, 3.05) is 20.2 Å². The number of methoxy groups -OCH3 is 1. The molecule has 1 saturated heterocycles. The number of aryl methyl sites for hydroxylation is 1. The van der Waals surface area contributed by atoms with Crippen molar-refractivity contribution >= 4 is 17.2 Å². The third kappa shape index (κ3) is 4.49. The molecule has 1 atom stereocenters. The molecule has 0 bridgehead atoms. The van der Waals surface area contributed by atoms with Crippen LogP contribution in [0.15, 0.2) is 0 Å². The number of ether oxygens (including phenoxy) is 1. The summed E-state index contributed by atoms with van der Waals surface area (Å²) in [5.41, 5.74) is 0.984. The number of likely N-dealkylation sites (tertiary alicyclic amines) is 1. The number of carbonyl (C=O) groups excluding carboxylic acids is 1. The van der Waals surface area contributed by atoms with Crippen molar-refractivity contribution in [2.45, 2.75) is 52.3 Å². The van der Waals surface area contributed by atoms with E-state index in [9.17, 15) is 4.79 Å². The number of aromatic nitrogens is 1. The van der Waals surface area contributed by atoms with Crippen LogP contribution in [-0.2, 0) is 22.7 Å². The number of rotatable bonds is 6. The van der Waals surface area contributed by atoms with E-state index in [1.807, 2.05) is 13.8 Å². The second-order valence-electron chi connectivity index (χ2n) is 5.54. The van der Waals surface area contributed by atoms with Gasteiger partial charge in [-0.15, -0.1) is 11.3 Å². The molecule has 5 nitrogen and oxygen atoms in total. The number of nitrogens with zero attached hydrogens (tertiary/aromatic N) is 2. The lowest BCUT2D eigenvalue weighted by molar-refractivity contribution is -0.126. The quantitative estimate of drug-likeness (QED) is 0.874. The average Bonchev–Trinajstić information content (AvgIpc) is 2.85. The number of nitrogens with one attached hydrogen (secondary N) is 1. The van der Waals surface area contributed by atoms with Gasteiger partial charge in [0.1, 0.15) is 5.01 Å². The molecule has 0 spiro atoms. The highest BCUT2D eigenvalue weighted by Gasteiger charge is 2.22. The Morgan fingerprint density at radius 2 is 2.14 bits per heavy atom. The highest BCUT2D eigenvalue weighted by Crippen LogP contribution is 2.19. The van der Waals surface area contributed by atoms with Crippen LogP contribution < -0.4 is 5.32 Å². The van der Waals surface area contributed by atoms with Gasteiger partial charge < -0.3 is 10.1 Å². The molecule has 1 aromatic rings. The van der Waals surface area contributed by atoms with Crippen LogP contribution in [0.4, 0.5) is 0 Å². The average molecular weight is 311 g/mol. The summed E-state index contributed by atoms with van der Waals surface area (Å²) >= 11 is 1.61. The van der Waals surface area contributed by atoms with Gasteiger partial charge in [0.05, 0.1) is 24.9 Å². The summed E-state index contributed by atoms with van der Waals surface area (Å²) in [4.78, 5) is 20.1. The van der Waals surface area contributed by atoms with Gasteiger partial charge in [0.2, 0.25) is 5.91 Å². The first-order valence-corrected chi connectivity index (χ1v) is 8.39. The molecule has 1 aliphatic rings. The largest absolute Gasteiger partial charge is 0.378 e. The van der Waals surface area contributed by atoms with Gasteiger partial charge in [0, 0.05) is 12.0 Å². The molecule has 0 aromatic carbocycles. The van der Waals surface area contributed by atoms with E-state index in [-0.39, 0.29) is 11.9 Å². The molecule has 0 saturated carbocycles. The molecule has 1 aliphatic heterocycles. The van der Waals surface area contributed by atoms with Crippen LogP contribution >= 0.6 is 11.3 Å². The SMILES string of the molecule is COCc1nc(C)c(CNC(=O)[C@@H](C)N2CCCCC2)s1. The normalized spacial score (nSPS) is 17.7. The predicted octanol–water partition coefficient (Wildman–Crippen LogP) is 2.09. The molecule has 2 heterocycles. The lowest BCUT2D eigenvalue weighted by Gasteiger charge is -2.31. The van der Waals surface area contributed by atoms with E-state index in [0.29, 0.717) is 13.2 Å². The third-order valence-corrected chi connectivity index (χ3v) is 5.08. The number of thiazole rings is 1. The first-order chi connectivity index (χ1) is 10.1. The van der Waals surface area contributed by atoms with E-state index in [0.717, 1.165) is 28.7 Å². The van der Waals surface area contributed by atoms with E-state index in [1.54, 1.807) is 18.4 Å². The zero-order chi connectivity index (χ0) is 15.2. The lowest BCUT2D eigenvalue weighted by Crippen LogP contribution is -2.46. The smallest absolute Gasteiger partial charge is 0.237 e. The fraction of sp³-hybridized carbons (Fsp3) is 0.733. The number of piperidine rings is 1. The van der Waals surface area contributed by atoms with Gasteiger partial charge in [0.25, 0.3) is 0 Å². The van der Waals surface area contributed by atoms with Crippen LogP contribution in [-0.4, -0.2) is 42.0 Å². The number of carbonyl (C=O) groups is 1. The Kier molecular flexibility index (Phi) is 6.14. The number of hydrogen-bond donors (Lipinski definition) is 1. The van der Waals surface area contributed by atoms with Gasteiger partial charge in [-0.1, -0.05) is 6.42 Å². The van der Waals surface area contributed by atoms with Crippen LogP contribution in [0.1, 0.15) is 41.8 Å². The molecule has 0 unspecified atom stereocenters. The Bertz CT molecular complexity index is 469. The Morgan fingerprint density at radius 3 is 2.81 bits per heavy atom. The maximum absolute atomic E-state index is 12.3. The number of amides is 1. The maximum atomic E-state index is 12.3. The summed E-state index contributed by atoms with van der Waals surface area (Å²) in [5.74, 6) is 0.109. The summed E-state index contributed by atoms with van der Waals surface area (Å²) in [6.45, 7) is 7.13. The zero-order valence-corrected chi connectivity index (χ0v) is 14.0. The van der Waals surface area contributed by atoms with Crippen molar-refractivity contribution < 1.29 is 9.53 Å². The van der Waals surface area contributed by atoms with Crippen LogP contribution in [0.25, 0.3) is 0 Å². The Labute approximate surface area is 130 Å². The maximum Gasteiger partial charge on any atom is 0.237 e. The monoisotopic (exact) mass is 311 g/mol. The standard InChI is InChI=1S/C15H25N3O2S/c1-11-13(21-14(17-11)10-20-3)9-16-15(19)12(2)18-7-5-4-6-8-18/h12H,4-10H2,1-3H3,(H,16,19)/t12-/m1/s1. The van der Waals surface area contributed by atoms with Gasteiger partial charge >= 0.3 is 0 Å². The summed E-state index contributed by atoms with van der Waals surface area (Å²) in [6, 6.07) is -0.0445. The molecule has 0 aliphatic carbocycles. The fourth-order valence-corrected chi connectivity index (χ4v) is 3.61. The molecule has 1 aromatic heterocycles. The van der Waals surface area contributed by atoms with Gasteiger partial charge in [-0.25, -0.2) is 4.98 Å². The van der Waals surface area contributed by atoms with Crippen molar-refractivity contribution in [1.29, 1.82) is 0 Å². The lowest BCUT2D eigenvalue weighted by atomic mass is 10.1. The summed E-state index contributed by atoms with van der Waals surface area (Å²) in [5, 5.41) is 4.00. The van der Waals surface area contributed by atoms with Crippen molar-refractivity contribution in [3.05, 3.63) is 15.6 Å². The minimum absolute atomic E-state index is 0.0445. The molecule has 2 rings (SSSR count). The van der Waals surface area contributed by atoms with E-state index >= 15 is 0 Å². The Morgan fingerprint density at radius 1 is 1.43 bits per heavy atom. The highest BCUT2D eigenvalue weighted by molar-refractivity contribution is 7.11. The van der Waals surface area contributed by atoms with Crippen LogP contribution in [0.3, 0.4) is 0 Å². The third-order valence-electron chi connectivity index (χ3n) is 3.95. The van der Waals surface area contributed by atoms with Crippen LogP contribution in [0, 0.1) is 6.92 Å². The van der Waals surface area contributed by atoms with Gasteiger partial charge in [-0.2, -0.15) is 0 Å². The van der Waals surface area contributed by atoms with E-state index in [4.69, 9.17) is 4.74 Å². The van der Waals surface area contributed by atoms with Gasteiger partial charge in [0.15, 0.2) is 0 Å². The van der Waals surface area contributed by atoms with Crippen molar-refractivity contribution in [2.24, 2.45) is 0 Å². The Hall–Kier alpha value is -0.980. The van der Waals surface area contributed by atoms with Crippen LogP contribution in [0.5, 0.6) is 0 Å². The molecular weight excluding hydrogens is 286 g/mol. The topological polar surface area (TPSA) is 54.5 Å². The number of hydrogen-bond acceptors (Lipinski definition) is 5. The minimum atomic E-state index is -0.0445. The molecule has 21 heavy (non-hydrogen) atoms. The van der Waals surface area contributed by atoms with Gasteiger partial charge in [-0.3, -0.25) is 9.69 Å². The van der Waals surface area contributed by atoms with Crippen molar-refractivity contribution in [1.82, 2.24) is 15.2 Å². The molecule has 1 N–H and O–H groups in total. The minimum Gasteiger partial charge on any atom is -0.378 e. The molecule has 1 fully saturated rings. The van der Waals surface area contributed by atoms with E-state index in [2.05, 4.69) is 15.2 Å². The molecule has 6 heteroatoms. The first-order valence-electron chi connectivity index (χ1n) is 7.57. The van der Waals surface area contributed by atoms with E-state index < -0.39 is 0 Å². The van der Waals surface area contributed by atoms with Crippen molar-refractivity contribution in [3.63, 3.8) is 0 Å². The second-order valence-corrected chi connectivity index (χ2v) is 6.71. The second kappa shape index (κ2) is 7.87. The predicted molar refractivity (Wildman–Crippen MR) is 84.3 cm³/mol. The van der Waals surface area contributed by atoms with Crippen LogP contribution in [0.2, 0.25) is 0 Å². The molecule has 118 valence electrons. The fourth-order valence-electron chi connectivity index (χ4n) is 2.62. The summed E-state index contributed by atoms with van der Waals surface area (Å²) in [6.07, 6.45) is 3.69. The highest BCUT2D eigenvalue weighted by atomic mass is 32.1. The first kappa shape index (κ1) is 16.4. The van der Waals surface area contributed by atoms with Crippen molar-refractivity contribution in [3.8, 4) is 0 Å². The van der Waals surface area contributed by atoms with E-state index in [1.165, 1.54) is 19.3 Å². The van der Waals surface area contributed by atoms with Gasteiger partial charge in [-0.05, 0) is 39.8 Å².